The second-order valence-electron chi connectivity index (χ2n) is 7.62. The highest BCUT2D eigenvalue weighted by Crippen LogP contribution is 2.35. The molecule has 0 unspecified atom stereocenters. The van der Waals surface area contributed by atoms with Crippen molar-refractivity contribution in [1.82, 2.24) is 14.8 Å². The smallest absolute Gasteiger partial charge is 0.196 e. The number of thioether (sulfide) groups is 1. The molecule has 9 heteroatoms. The van der Waals surface area contributed by atoms with Gasteiger partial charge in [-0.3, -0.25) is 9.36 Å². The fourth-order valence-electron chi connectivity index (χ4n) is 3.76. The van der Waals surface area contributed by atoms with Gasteiger partial charge in [-0.2, -0.15) is 0 Å². The van der Waals surface area contributed by atoms with Crippen molar-refractivity contribution >= 4 is 17.5 Å². The number of rotatable bonds is 8. The number of aromatic nitrogens is 3. The molecule has 0 saturated carbocycles. The van der Waals surface area contributed by atoms with Crippen molar-refractivity contribution in [1.29, 1.82) is 0 Å². The highest BCUT2D eigenvalue weighted by molar-refractivity contribution is 7.99. The lowest BCUT2D eigenvalue weighted by molar-refractivity contribution is 0.102. The van der Waals surface area contributed by atoms with Gasteiger partial charge in [-0.05, 0) is 30.3 Å². The summed E-state index contributed by atoms with van der Waals surface area (Å²) >= 11 is 1.32. The Hall–Kier alpha value is -3.98. The van der Waals surface area contributed by atoms with Crippen LogP contribution in [0.15, 0.2) is 71.9 Å². The maximum absolute atomic E-state index is 13.0. The van der Waals surface area contributed by atoms with E-state index >= 15 is 0 Å². The number of carbonyl (C=O) groups is 1. The third kappa shape index (κ3) is 4.67. The Labute approximate surface area is 206 Å². The molecule has 0 radical (unpaired) electrons. The maximum Gasteiger partial charge on any atom is 0.196 e. The van der Waals surface area contributed by atoms with E-state index in [4.69, 9.17) is 18.9 Å². The zero-order valence-electron chi connectivity index (χ0n) is 19.3. The highest BCUT2D eigenvalue weighted by atomic mass is 32.2. The van der Waals surface area contributed by atoms with Crippen LogP contribution in [0, 0.1) is 0 Å². The van der Waals surface area contributed by atoms with E-state index in [0.29, 0.717) is 52.8 Å². The maximum atomic E-state index is 13.0. The van der Waals surface area contributed by atoms with Crippen molar-refractivity contribution in [3.63, 3.8) is 0 Å². The summed E-state index contributed by atoms with van der Waals surface area (Å²) < 4.78 is 24.0. The molecule has 0 amide bonds. The molecule has 0 aliphatic carbocycles. The van der Waals surface area contributed by atoms with E-state index in [2.05, 4.69) is 10.2 Å². The van der Waals surface area contributed by atoms with Gasteiger partial charge in [-0.15, -0.1) is 10.2 Å². The summed E-state index contributed by atoms with van der Waals surface area (Å²) in [7, 11) is 3.18. The van der Waals surface area contributed by atoms with Crippen molar-refractivity contribution in [2.75, 3.05) is 33.2 Å². The van der Waals surface area contributed by atoms with Crippen LogP contribution in [0.2, 0.25) is 0 Å². The minimum Gasteiger partial charge on any atom is -0.493 e. The predicted molar refractivity (Wildman–Crippen MR) is 132 cm³/mol. The van der Waals surface area contributed by atoms with Crippen LogP contribution < -0.4 is 18.9 Å². The van der Waals surface area contributed by atoms with Crippen LogP contribution in [0.3, 0.4) is 0 Å². The Morgan fingerprint density at radius 3 is 2.46 bits per heavy atom. The summed E-state index contributed by atoms with van der Waals surface area (Å²) in [6.07, 6.45) is 0. The molecule has 4 aromatic rings. The molecule has 1 aliphatic heterocycles. The van der Waals surface area contributed by atoms with Gasteiger partial charge in [-0.25, -0.2) is 0 Å². The SMILES string of the molecule is COc1ccc(-n2c(SCC(=O)c3ccc4c(c3)OCCO4)nnc2-c2ccccc2)cc1OC. The lowest BCUT2D eigenvalue weighted by Crippen LogP contribution is -2.16. The molecule has 0 saturated heterocycles. The molecule has 1 aromatic heterocycles. The van der Waals surface area contributed by atoms with Crippen LogP contribution >= 0.6 is 11.8 Å². The number of Topliss-reactive ketones (excluding diaryl/α,β-unsaturated/α-hetero) is 1. The number of carbonyl (C=O) groups excluding carboxylic acids is 1. The zero-order valence-corrected chi connectivity index (χ0v) is 20.1. The first kappa shape index (κ1) is 22.8. The van der Waals surface area contributed by atoms with E-state index in [9.17, 15) is 4.79 Å². The normalized spacial score (nSPS) is 12.3. The van der Waals surface area contributed by atoms with Crippen molar-refractivity contribution in [3.8, 4) is 40.1 Å². The average molecular weight is 490 g/mol. The molecule has 0 fully saturated rings. The molecule has 0 N–H and O–H groups in total. The summed E-state index contributed by atoms with van der Waals surface area (Å²) in [4.78, 5) is 13.0. The first-order valence-electron chi connectivity index (χ1n) is 11.0. The van der Waals surface area contributed by atoms with Gasteiger partial charge in [0.1, 0.15) is 13.2 Å². The molecule has 1 aliphatic rings. The number of hydrogen-bond acceptors (Lipinski definition) is 8. The number of methoxy groups -OCH3 is 2. The van der Waals surface area contributed by atoms with Crippen molar-refractivity contribution in [2.24, 2.45) is 0 Å². The Morgan fingerprint density at radius 1 is 0.914 bits per heavy atom. The summed E-state index contributed by atoms with van der Waals surface area (Å²) in [5, 5.41) is 9.44. The predicted octanol–water partition coefficient (Wildman–Crippen LogP) is 4.70. The zero-order chi connectivity index (χ0) is 24.2. The van der Waals surface area contributed by atoms with Gasteiger partial charge in [0.05, 0.1) is 25.7 Å². The first-order chi connectivity index (χ1) is 17.2. The number of fused-ring (bicyclic) bond motifs is 1. The van der Waals surface area contributed by atoms with Crippen LogP contribution in [-0.4, -0.2) is 53.7 Å². The van der Waals surface area contributed by atoms with Gasteiger partial charge in [0.25, 0.3) is 0 Å². The summed E-state index contributed by atoms with van der Waals surface area (Å²) in [5.74, 6) is 3.24. The Bertz CT molecular complexity index is 1360. The molecule has 3 aromatic carbocycles. The van der Waals surface area contributed by atoms with E-state index < -0.39 is 0 Å². The number of hydrogen-bond donors (Lipinski definition) is 0. The van der Waals surface area contributed by atoms with E-state index in [-0.39, 0.29) is 11.5 Å². The Kier molecular flexibility index (Phi) is 6.58. The van der Waals surface area contributed by atoms with Crippen LogP contribution in [0.4, 0.5) is 0 Å². The second kappa shape index (κ2) is 10.1. The van der Waals surface area contributed by atoms with Gasteiger partial charge >= 0.3 is 0 Å². The summed E-state index contributed by atoms with van der Waals surface area (Å²) in [5.41, 5.74) is 2.25. The highest BCUT2D eigenvalue weighted by Gasteiger charge is 2.20. The van der Waals surface area contributed by atoms with Gasteiger partial charge in [-0.1, -0.05) is 42.1 Å². The van der Waals surface area contributed by atoms with Gasteiger partial charge in [0.15, 0.2) is 39.8 Å². The van der Waals surface area contributed by atoms with Crippen molar-refractivity contribution < 1.29 is 23.7 Å². The largest absolute Gasteiger partial charge is 0.493 e. The Balaban J connectivity index is 1.46. The average Bonchev–Trinajstić information content (AvgIpc) is 3.35. The third-order valence-electron chi connectivity index (χ3n) is 5.49. The van der Waals surface area contributed by atoms with Crippen molar-refractivity contribution in [3.05, 3.63) is 72.3 Å². The van der Waals surface area contributed by atoms with E-state index in [1.165, 1.54) is 11.8 Å². The Morgan fingerprint density at radius 2 is 1.69 bits per heavy atom. The van der Waals surface area contributed by atoms with Gasteiger partial charge < -0.3 is 18.9 Å². The summed E-state index contributed by atoms with van der Waals surface area (Å²) in [6.45, 7) is 0.974. The third-order valence-corrected chi connectivity index (χ3v) is 6.42. The molecule has 178 valence electrons. The molecule has 8 nitrogen and oxygen atoms in total. The number of benzene rings is 3. The minimum atomic E-state index is -0.0462. The van der Waals surface area contributed by atoms with Gasteiger partial charge in [0, 0.05) is 17.2 Å². The fraction of sp³-hybridized carbons (Fsp3) is 0.192. The number of nitrogens with zero attached hydrogens (tertiary/aromatic N) is 3. The standard InChI is InChI=1S/C26H23N3O5S/c1-31-21-11-9-19(15-23(21)32-2)29-25(17-6-4-3-5-7-17)27-28-26(29)35-16-20(30)18-8-10-22-24(14-18)34-13-12-33-22/h3-11,14-15H,12-13,16H2,1-2H3. The molecule has 5 rings (SSSR count). The molecular formula is C26H23N3O5S. The molecule has 0 spiro atoms. The fourth-order valence-corrected chi connectivity index (χ4v) is 4.61. The van der Waals surface area contributed by atoms with Crippen LogP contribution in [0.25, 0.3) is 17.1 Å². The van der Waals surface area contributed by atoms with E-state index in [0.717, 1.165) is 11.3 Å². The number of ketones is 1. The lowest BCUT2D eigenvalue weighted by Gasteiger charge is -2.18. The van der Waals surface area contributed by atoms with Crippen molar-refractivity contribution in [2.45, 2.75) is 5.16 Å². The number of ether oxygens (including phenoxy) is 4. The summed E-state index contributed by atoms with van der Waals surface area (Å²) in [6, 6.07) is 20.6. The van der Waals surface area contributed by atoms with Gasteiger partial charge in [0.2, 0.25) is 0 Å². The topological polar surface area (TPSA) is 84.7 Å². The molecule has 0 bridgehead atoms. The molecular weight excluding hydrogens is 466 g/mol. The molecule has 2 heterocycles. The van der Waals surface area contributed by atoms with Crippen LogP contribution in [0.1, 0.15) is 10.4 Å². The van der Waals surface area contributed by atoms with Crippen LogP contribution in [0.5, 0.6) is 23.0 Å². The minimum absolute atomic E-state index is 0.0462. The second-order valence-corrected chi connectivity index (χ2v) is 8.56. The molecule has 0 atom stereocenters. The first-order valence-corrected chi connectivity index (χ1v) is 12.0. The van der Waals surface area contributed by atoms with Crippen LogP contribution in [-0.2, 0) is 0 Å². The van der Waals surface area contributed by atoms with E-state index in [1.54, 1.807) is 32.4 Å². The monoisotopic (exact) mass is 489 g/mol. The lowest BCUT2D eigenvalue weighted by atomic mass is 10.1. The quantitative estimate of drug-likeness (QED) is 0.260. The molecule has 35 heavy (non-hydrogen) atoms. The van der Waals surface area contributed by atoms with E-state index in [1.807, 2.05) is 53.1 Å².